The van der Waals surface area contributed by atoms with Crippen LogP contribution in [0.5, 0.6) is 5.75 Å². The van der Waals surface area contributed by atoms with Crippen molar-refractivity contribution in [3.8, 4) is 5.75 Å². The Morgan fingerprint density at radius 3 is 2.50 bits per heavy atom. The van der Waals surface area contributed by atoms with Crippen molar-refractivity contribution in [2.24, 2.45) is 5.73 Å². The number of carbonyl (C=O) groups is 1. The molecule has 0 bridgehead atoms. The van der Waals surface area contributed by atoms with Crippen LogP contribution in [-0.4, -0.2) is 37.6 Å². The highest BCUT2D eigenvalue weighted by atomic mass is 16.5. The molecule has 0 saturated carbocycles. The van der Waals surface area contributed by atoms with Crippen LogP contribution in [0.1, 0.15) is 16.7 Å². The van der Waals surface area contributed by atoms with E-state index in [1.807, 2.05) is 48.2 Å². The molecular formula is C20H26N2O2. The molecule has 0 saturated heterocycles. The van der Waals surface area contributed by atoms with E-state index in [0.717, 1.165) is 23.3 Å². The van der Waals surface area contributed by atoms with Gasteiger partial charge in [0, 0.05) is 19.6 Å². The number of methoxy groups -OCH3 is 1. The van der Waals surface area contributed by atoms with E-state index in [0.29, 0.717) is 26.1 Å². The fourth-order valence-electron chi connectivity index (χ4n) is 2.69. The Morgan fingerprint density at radius 2 is 1.83 bits per heavy atom. The molecule has 0 fully saturated rings. The number of nitrogens with two attached hydrogens (primary N) is 1. The van der Waals surface area contributed by atoms with Crippen LogP contribution >= 0.6 is 0 Å². The largest absolute Gasteiger partial charge is 0.496 e. The molecule has 2 aromatic rings. The van der Waals surface area contributed by atoms with Crippen LogP contribution in [0, 0.1) is 6.92 Å². The summed E-state index contributed by atoms with van der Waals surface area (Å²) in [5, 5.41) is 0. The summed E-state index contributed by atoms with van der Waals surface area (Å²) in [6.07, 6.45) is 1.20. The van der Waals surface area contributed by atoms with Crippen molar-refractivity contribution in [3.05, 3.63) is 65.2 Å². The first kappa shape index (κ1) is 18.0. The van der Waals surface area contributed by atoms with Gasteiger partial charge < -0.3 is 15.4 Å². The maximum Gasteiger partial charge on any atom is 0.227 e. The van der Waals surface area contributed by atoms with Gasteiger partial charge >= 0.3 is 0 Å². The highest BCUT2D eigenvalue weighted by molar-refractivity contribution is 5.79. The van der Waals surface area contributed by atoms with E-state index in [2.05, 4.69) is 12.1 Å². The van der Waals surface area contributed by atoms with E-state index >= 15 is 0 Å². The lowest BCUT2D eigenvalue weighted by Crippen LogP contribution is -2.37. The van der Waals surface area contributed by atoms with E-state index in [1.165, 1.54) is 5.56 Å². The Morgan fingerprint density at radius 1 is 1.08 bits per heavy atom. The minimum Gasteiger partial charge on any atom is -0.496 e. The average molecular weight is 326 g/mol. The maximum atomic E-state index is 12.6. The Kier molecular flexibility index (Phi) is 6.82. The van der Waals surface area contributed by atoms with E-state index in [9.17, 15) is 4.79 Å². The summed E-state index contributed by atoms with van der Waals surface area (Å²) in [5.74, 6) is 0.914. The second kappa shape index (κ2) is 9.08. The molecule has 4 heteroatoms. The summed E-state index contributed by atoms with van der Waals surface area (Å²) >= 11 is 0. The fraction of sp³-hybridized carbons (Fsp3) is 0.350. The van der Waals surface area contributed by atoms with Crippen molar-refractivity contribution in [3.63, 3.8) is 0 Å². The lowest BCUT2D eigenvalue weighted by atomic mass is 10.1. The number of amides is 1. The smallest absolute Gasteiger partial charge is 0.227 e. The number of hydrogen-bond acceptors (Lipinski definition) is 3. The third kappa shape index (κ3) is 5.10. The van der Waals surface area contributed by atoms with E-state index in [1.54, 1.807) is 7.11 Å². The Labute approximate surface area is 144 Å². The number of nitrogens with zero attached hydrogens (tertiary/aromatic N) is 1. The van der Waals surface area contributed by atoms with Crippen LogP contribution in [0.15, 0.2) is 48.5 Å². The third-order valence-corrected chi connectivity index (χ3v) is 4.09. The number of rotatable bonds is 8. The first-order valence-corrected chi connectivity index (χ1v) is 8.29. The van der Waals surface area contributed by atoms with Gasteiger partial charge in [0.2, 0.25) is 5.91 Å². The minimum atomic E-state index is 0.0993. The zero-order valence-electron chi connectivity index (χ0n) is 14.5. The van der Waals surface area contributed by atoms with Gasteiger partial charge in [0.1, 0.15) is 5.75 Å². The molecule has 1 amide bonds. The molecule has 2 aromatic carbocycles. The fourth-order valence-corrected chi connectivity index (χ4v) is 2.69. The summed E-state index contributed by atoms with van der Waals surface area (Å²) in [7, 11) is 1.65. The monoisotopic (exact) mass is 326 g/mol. The minimum absolute atomic E-state index is 0.0993. The van der Waals surface area contributed by atoms with E-state index in [-0.39, 0.29) is 5.91 Å². The zero-order valence-corrected chi connectivity index (χ0v) is 14.5. The molecule has 0 heterocycles. The number of ether oxygens (including phenoxy) is 1. The predicted molar refractivity (Wildman–Crippen MR) is 97.2 cm³/mol. The van der Waals surface area contributed by atoms with Crippen LogP contribution < -0.4 is 10.5 Å². The van der Waals surface area contributed by atoms with Gasteiger partial charge in [0.05, 0.1) is 13.5 Å². The number of aryl methyl sites for hydroxylation is 1. The molecule has 0 unspecified atom stereocenters. The lowest BCUT2D eigenvalue weighted by Gasteiger charge is -2.22. The normalized spacial score (nSPS) is 10.5. The summed E-state index contributed by atoms with van der Waals surface area (Å²) in [6.45, 7) is 3.72. The number of carbonyl (C=O) groups excluding carboxylic acids is 1. The molecule has 0 aliphatic carbocycles. The molecule has 4 nitrogen and oxygen atoms in total. The second-order valence-electron chi connectivity index (χ2n) is 5.89. The number of benzene rings is 2. The highest BCUT2D eigenvalue weighted by Gasteiger charge is 2.14. The van der Waals surface area contributed by atoms with Crippen LogP contribution in [0.3, 0.4) is 0 Å². The topological polar surface area (TPSA) is 55.6 Å². The van der Waals surface area contributed by atoms with Gasteiger partial charge in [0.25, 0.3) is 0 Å². The summed E-state index contributed by atoms with van der Waals surface area (Å²) in [4.78, 5) is 14.5. The second-order valence-corrected chi connectivity index (χ2v) is 5.89. The average Bonchev–Trinajstić information content (AvgIpc) is 2.61. The summed E-state index contributed by atoms with van der Waals surface area (Å²) in [5.41, 5.74) is 8.94. The van der Waals surface area contributed by atoms with Crippen molar-refractivity contribution in [1.82, 2.24) is 4.90 Å². The zero-order chi connectivity index (χ0) is 17.4. The van der Waals surface area contributed by atoms with Crippen LogP contribution in [0.2, 0.25) is 0 Å². The Bertz CT molecular complexity index is 656. The van der Waals surface area contributed by atoms with Crippen molar-refractivity contribution >= 4 is 5.91 Å². The van der Waals surface area contributed by atoms with Gasteiger partial charge in [-0.05, 0) is 36.1 Å². The van der Waals surface area contributed by atoms with Crippen molar-refractivity contribution in [2.75, 3.05) is 26.7 Å². The first-order valence-electron chi connectivity index (χ1n) is 8.29. The Hall–Kier alpha value is -2.33. The van der Waals surface area contributed by atoms with E-state index in [4.69, 9.17) is 10.5 Å². The molecule has 0 aliphatic heterocycles. The summed E-state index contributed by atoms with van der Waals surface area (Å²) < 4.78 is 5.34. The van der Waals surface area contributed by atoms with Gasteiger partial charge in [-0.15, -0.1) is 0 Å². The Balaban J connectivity index is 2.00. The van der Waals surface area contributed by atoms with Gasteiger partial charge in [-0.1, -0.05) is 42.5 Å². The molecule has 2 N–H and O–H groups in total. The number of hydrogen-bond donors (Lipinski definition) is 1. The van der Waals surface area contributed by atoms with Gasteiger partial charge in [0.15, 0.2) is 0 Å². The maximum absolute atomic E-state index is 12.6. The molecule has 0 spiro atoms. The highest BCUT2D eigenvalue weighted by Crippen LogP contribution is 2.19. The summed E-state index contributed by atoms with van der Waals surface area (Å²) in [6, 6.07) is 16.1. The first-order chi connectivity index (χ1) is 11.6. The predicted octanol–water partition coefficient (Wildman–Crippen LogP) is 2.58. The molecule has 24 heavy (non-hydrogen) atoms. The van der Waals surface area contributed by atoms with Crippen LogP contribution in [-0.2, 0) is 17.6 Å². The van der Waals surface area contributed by atoms with Crippen LogP contribution in [0.4, 0.5) is 0 Å². The molecule has 0 atom stereocenters. The molecule has 2 rings (SSSR count). The van der Waals surface area contributed by atoms with Gasteiger partial charge in [-0.25, -0.2) is 0 Å². The molecule has 0 radical (unpaired) electrons. The third-order valence-electron chi connectivity index (χ3n) is 4.09. The SMILES string of the molecule is COc1cc(CC(=O)N(CCN)CCc2ccccc2)ccc1C. The van der Waals surface area contributed by atoms with Crippen molar-refractivity contribution < 1.29 is 9.53 Å². The van der Waals surface area contributed by atoms with Crippen molar-refractivity contribution in [1.29, 1.82) is 0 Å². The molecule has 0 aromatic heterocycles. The van der Waals surface area contributed by atoms with Gasteiger partial charge in [-0.2, -0.15) is 0 Å². The molecule has 0 aliphatic rings. The van der Waals surface area contributed by atoms with Crippen LogP contribution in [0.25, 0.3) is 0 Å². The molecule has 128 valence electrons. The molecular weight excluding hydrogens is 300 g/mol. The van der Waals surface area contributed by atoms with Crippen molar-refractivity contribution in [2.45, 2.75) is 19.8 Å². The quantitative estimate of drug-likeness (QED) is 0.811. The van der Waals surface area contributed by atoms with Gasteiger partial charge in [-0.3, -0.25) is 4.79 Å². The van der Waals surface area contributed by atoms with E-state index < -0.39 is 0 Å². The lowest BCUT2D eigenvalue weighted by molar-refractivity contribution is -0.130. The standard InChI is InChI=1S/C20H26N2O2/c1-16-8-9-18(14-19(16)24-2)15-20(23)22(13-11-21)12-10-17-6-4-3-5-7-17/h3-9,14H,10-13,15,21H2,1-2H3.